The Bertz CT molecular complexity index is 189. The summed E-state index contributed by atoms with van der Waals surface area (Å²) in [5.41, 5.74) is 0. The molecular weight excluding hydrogens is 186 g/mol. The Morgan fingerprint density at radius 1 is 1.69 bits per heavy atom. The fraction of sp³-hybridized carbons (Fsp3) is 0.667. The van der Waals surface area contributed by atoms with Gasteiger partial charge in [0.2, 0.25) is 0 Å². The van der Waals surface area contributed by atoms with Gasteiger partial charge in [0.05, 0.1) is 13.1 Å². The zero-order chi connectivity index (χ0) is 10.1. The Balaban J connectivity index is 3.68. The van der Waals surface area contributed by atoms with E-state index in [0.717, 1.165) is 18.7 Å². The summed E-state index contributed by atoms with van der Waals surface area (Å²) in [5, 5.41) is 8.55. The molecule has 0 saturated carbocycles. The molecule has 0 aliphatic heterocycles. The summed E-state index contributed by atoms with van der Waals surface area (Å²) in [7, 11) is 0. The molecule has 0 fully saturated rings. The molecule has 13 heavy (non-hydrogen) atoms. The lowest BCUT2D eigenvalue weighted by molar-refractivity contribution is -0.138. The molecule has 1 N–H and O–H groups in total. The number of carboxylic acids is 1. The topological polar surface area (TPSA) is 40.5 Å². The zero-order valence-electron chi connectivity index (χ0n) is 7.82. The largest absolute Gasteiger partial charge is 0.480 e. The average Bonchev–Trinajstić information content (AvgIpc) is 2.04. The van der Waals surface area contributed by atoms with Crippen molar-refractivity contribution in [2.75, 3.05) is 31.6 Å². The standard InChI is InChI=1S/C9H15NO2S/c1-3-5-10(8-9(11)12)6-4-7-13-2/h1H,4-8H2,2H3,(H,11,12). The number of terminal acetylenes is 1. The molecule has 0 aromatic rings. The van der Waals surface area contributed by atoms with E-state index in [0.29, 0.717) is 6.54 Å². The number of nitrogens with zero attached hydrogens (tertiary/aromatic N) is 1. The van der Waals surface area contributed by atoms with Crippen molar-refractivity contribution in [2.24, 2.45) is 0 Å². The third-order valence-corrected chi connectivity index (χ3v) is 2.19. The van der Waals surface area contributed by atoms with Gasteiger partial charge in [0.15, 0.2) is 0 Å². The molecule has 3 nitrogen and oxygen atoms in total. The molecule has 0 aliphatic carbocycles. The first kappa shape index (κ1) is 12.3. The minimum Gasteiger partial charge on any atom is -0.480 e. The van der Waals surface area contributed by atoms with Crippen molar-refractivity contribution < 1.29 is 9.90 Å². The summed E-state index contributed by atoms with van der Waals surface area (Å²) in [6, 6.07) is 0. The van der Waals surface area contributed by atoms with E-state index in [9.17, 15) is 4.79 Å². The Labute approximate surface area is 83.5 Å². The molecule has 4 heteroatoms. The van der Waals surface area contributed by atoms with Crippen molar-refractivity contribution >= 4 is 17.7 Å². The summed E-state index contributed by atoms with van der Waals surface area (Å²) in [4.78, 5) is 12.2. The van der Waals surface area contributed by atoms with Crippen LogP contribution in [0.4, 0.5) is 0 Å². The van der Waals surface area contributed by atoms with Crippen LogP contribution >= 0.6 is 11.8 Å². The predicted octanol–water partition coefficient (Wildman–Crippen LogP) is 0.759. The second kappa shape index (κ2) is 7.96. The van der Waals surface area contributed by atoms with Crippen LogP contribution in [0.25, 0.3) is 0 Å². The van der Waals surface area contributed by atoms with Crippen LogP contribution in [-0.4, -0.2) is 47.6 Å². The van der Waals surface area contributed by atoms with E-state index in [1.165, 1.54) is 0 Å². The van der Waals surface area contributed by atoms with Crippen molar-refractivity contribution in [3.63, 3.8) is 0 Å². The first-order valence-electron chi connectivity index (χ1n) is 4.07. The number of thioether (sulfide) groups is 1. The maximum absolute atomic E-state index is 10.4. The fourth-order valence-electron chi connectivity index (χ4n) is 0.967. The van der Waals surface area contributed by atoms with E-state index in [1.54, 1.807) is 16.7 Å². The van der Waals surface area contributed by atoms with E-state index in [1.807, 2.05) is 6.26 Å². The van der Waals surface area contributed by atoms with Gasteiger partial charge in [-0.1, -0.05) is 5.92 Å². The highest BCUT2D eigenvalue weighted by molar-refractivity contribution is 7.98. The second-order valence-electron chi connectivity index (χ2n) is 2.65. The van der Waals surface area contributed by atoms with Gasteiger partial charge in [0.25, 0.3) is 0 Å². The smallest absolute Gasteiger partial charge is 0.317 e. The molecule has 0 radical (unpaired) electrons. The average molecular weight is 201 g/mol. The molecule has 0 heterocycles. The molecule has 0 rings (SSSR count). The molecule has 74 valence electrons. The molecule has 0 unspecified atom stereocenters. The van der Waals surface area contributed by atoms with Crippen LogP contribution in [0.5, 0.6) is 0 Å². The number of carboxylic acid groups (broad SMARTS) is 1. The van der Waals surface area contributed by atoms with Crippen molar-refractivity contribution in [2.45, 2.75) is 6.42 Å². The van der Waals surface area contributed by atoms with Gasteiger partial charge in [-0.05, 0) is 18.4 Å². The van der Waals surface area contributed by atoms with Crippen LogP contribution in [0, 0.1) is 12.3 Å². The first-order valence-corrected chi connectivity index (χ1v) is 5.46. The third kappa shape index (κ3) is 7.69. The molecule has 0 bridgehead atoms. The van der Waals surface area contributed by atoms with Crippen molar-refractivity contribution in [1.29, 1.82) is 0 Å². The highest BCUT2D eigenvalue weighted by Gasteiger charge is 2.06. The molecule has 0 aliphatic rings. The van der Waals surface area contributed by atoms with Crippen LogP contribution in [0.1, 0.15) is 6.42 Å². The van der Waals surface area contributed by atoms with Gasteiger partial charge in [0, 0.05) is 6.54 Å². The molecular formula is C9H15NO2S. The number of hydrogen-bond donors (Lipinski definition) is 1. The Kier molecular flexibility index (Phi) is 7.56. The highest BCUT2D eigenvalue weighted by atomic mass is 32.2. The highest BCUT2D eigenvalue weighted by Crippen LogP contribution is 1.98. The predicted molar refractivity (Wildman–Crippen MR) is 55.9 cm³/mol. The van der Waals surface area contributed by atoms with Gasteiger partial charge in [-0.15, -0.1) is 6.42 Å². The SMILES string of the molecule is C#CCN(CCCSC)CC(=O)O. The Morgan fingerprint density at radius 3 is 2.85 bits per heavy atom. The summed E-state index contributed by atoms with van der Waals surface area (Å²) in [5.74, 6) is 2.68. The minimum absolute atomic E-state index is 0.0403. The van der Waals surface area contributed by atoms with E-state index >= 15 is 0 Å². The Hall–Kier alpha value is -0.660. The van der Waals surface area contributed by atoms with E-state index < -0.39 is 5.97 Å². The molecule has 0 aromatic carbocycles. The first-order chi connectivity index (χ1) is 6.20. The monoisotopic (exact) mass is 201 g/mol. The van der Waals surface area contributed by atoms with Crippen molar-refractivity contribution in [1.82, 2.24) is 4.90 Å². The van der Waals surface area contributed by atoms with Gasteiger partial charge >= 0.3 is 5.97 Å². The second-order valence-corrected chi connectivity index (χ2v) is 3.64. The summed E-state index contributed by atoms with van der Waals surface area (Å²) >= 11 is 1.75. The third-order valence-electron chi connectivity index (χ3n) is 1.50. The fourth-order valence-corrected chi connectivity index (χ4v) is 1.38. The number of aliphatic carboxylic acids is 1. The zero-order valence-corrected chi connectivity index (χ0v) is 8.64. The number of rotatable bonds is 7. The van der Waals surface area contributed by atoms with Gasteiger partial charge in [0.1, 0.15) is 0 Å². The Morgan fingerprint density at radius 2 is 2.38 bits per heavy atom. The van der Waals surface area contributed by atoms with Crippen molar-refractivity contribution in [3.05, 3.63) is 0 Å². The van der Waals surface area contributed by atoms with Gasteiger partial charge in [-0.2, -0.15) is 11.8 Å². The number of carbonyl (C=O) groups is 1. The lowest BCUT2D eigenvalue weighted by Crippen LogP contribution is -2.31. The molecule has 0 atom stereocenters. The van der Waals surface area contributed by atoms with Crippen LogP contribution in [0.15, 0.2) is 0 Å². The minimum atomic E-state index is -0.820. The lowest BCUT2D eigenvalue weighted by Gasteiger charge is -2.16. The lowest BCUT2D eigenvalue weighted by atomic mass is 10.4. The summed E-state index contributed by atoms with van der Waals surface area (Å²) in [6.07, 6.45) is 8.13. The van der Waals surface area contributed by atoms with Gasteiger partial charge in [-0.3, -0.25) is 9.69 Å². The van der Waals surface area contributed by atoms with E-state index in [4.69, 9.17) is 11.5 Å². The van der Waals surface area contributed by atoms with Crippen LogP contribution in [0.3, 0.4) is 0 Å². The van der Waals surface area contributed by atoms with E-state index in [2.05, 4.69) is 5.92 Å². The van der Waals surface area contributed by atoms with Crippen molar-refractivity contribution in [3.8, 4) is 12.3 Å². The quantitative estimate of drug-likeness (QED) is 0.487. The maximum Gasteiger partial charge on any atom is 0.317 e. The molecule has 0 saturated heterocycles. The van der Waals surface area contributed by atoms with Crippen LogP contribution in [0.2, 0.25) is 0 Å². The molecule has 0 amide bonds. The summed E-state index contributed by atoms with van der Waals surface area (Å²) in [6.45, 7) is 1.22. The van der Waals surface area contributed by atoms with Crippen LogP contribution < -0.4 is 0 Å². The molecule has 0 aromatic heterocycles. The van der Waals surface area contributed by atoms with Gasteiger partial charge < -0.3 is 5.11 Å². The van der Waals surface area contributed by atoms with Crippen LogP contribution in [-0.2, 0) is 4.79 Å². The number of hydrogen-bond acceptors (Lipinski definition) is 3. The molecule has 0 spiro atoms. The normalized spacial score (nSPS) is 9.92. The van der Waals surface area contributed by atoms with Gasteiger partial charge in [-0.25, -0.2) is 0 Å². The van der Waals surface area contributed by atoms with E-state index in [-0.39, 0.29) is 6.54 Å². The maximum atomic E-state index is 10.4. The summed E-state index contributed by atoms with van der Waals surface area (Å²) < 4.78 is 0.